The number of carbonyl (C=O) groups excluding carboxylic acids is 1. The van der Waals surface area contributed by atoms with Crippen molar-refractivity contribution in [1.29, 1.82) is 0 Å². The standard InChI is InChI=1S/C23H26N2O2/c1-3-24(18-19-9-5-4-6-10-19)23(26)17-22(25-15-7-8-16-25)20-11-13-21(27-2)14-12-20/h4-16,22H,3,17-18H2,1-2H3/t22-/m1/s1. The molecule has 2 aromatic carbocycles. The molecule has 1 aromatic heterocycles. The van der Waals surface area contributed by atoms with Gasteiger partial charge in [0, 0.05) is 25.5 Å². The van der Waals surface area contributed by atoms with Gasteiger partial charge in [-0.1, -0.05) is 42.5 Å². The third-order valence-corrected chi connectivity index (χ3v) is 4.81. The Labute approximate surface area is 161 Å². The minimum atomic E-state index is -0.0387. The van der Waals surface area contributed by atoms with Gasteiger partial charge in [-0.25, -0.2) is 0 Å². The van der Waals surface area contributed by atoms with E-state index in [1.54, 1.807) is 7.11 Å². The lowest BCUT2D eigenvalue weighted by Gasteiger charge is -2.25. The van der Waals surface area contributed by atoms with Crippen molar-refractivity contribution in [3.05, 3.63) is 90.3 Å². The maximum Gasteiger partial charge on any atom is 0.225 e. The minimum absolute atomic E-state index is 0.0387. The van der Waals surface area contributed by atoms with E-state index in [1.807, 2.05) is 78.8 Å². The van der Waals surface area contributed by atoms with Gasteiger partial charge in [-0.05, 0) is 42.3 Å². The Morgan fingerprint density at radius 3 is 2.26 bits per heavy atom. The van der Waals surface area contributed by atoms with Crippen LogP contribution in [0.5, 0.6) is 5.75 Å². The molecule has 1 amide bonds. The van der Waals surface area contributed by atoms with Crippen LogP contribution in [0.3, 0.4) is 0 Å². The second-order valence-electron chi connectivity index (χ2n) is 6.52. The predicted molar refractivity (Wildman–Crippen MR) is 108 cm³/mol. The van der Waals surface area contributed by atoms with Crippen molar-refractivity contribution in [3.8, 4) is 5.75 Å². The van der Waals surface area contributed by atoms with Gasteiger partial charge in [-0.2, -0.15) is 0 Å². The van der Waals surface area contributed by atoms with Crippen molar-refractivity contribution in [2.24, 2.45) is 0 Å². The Morgan fingerprint density at radius 1 is 1.00 bits per heavy atom. The van der Waals surface area contributed by atoms with Crippen LogP contribution in [0.1, 0.15) is 30.5 Å². The van der Waals surface area contributed by atoms with Crippen molar-refractivity contribution >= 4 is 5.91 Å². The van der Waals surface area contributed by atoms with Gasteiger partial charge < -0.3 is 14.2 Å². The molecule has 0 fully saturated rings. The lowest BCUT2D eigenvalue weighted by molar-refractivity contribution is -0.132. The molecule has 1 heterocycles. The normalized spacial score (nSPS) is 11.8. The van der Waals surface area contributed by atoms with E-state index < -0.39 is 0 Å². The summed E-state index contributed by atoms with van der Waals surface area (Å²) >= 11 is 0. The number of rotatable bonds is 8. The molecular formula is C23H26N2O2. The number of carbonyl (C=O) groups is 1. The predicted octanol–water partition coefficient (Wildman–Crippen LogP) is 4.52. The number of ether oxygens (including phenoxy) is 1. The van der Waals surface area contributed by atoms with Gasteiger partial charge in [-0.15, -0.1) is 0 Å². The summed E-state index contributed by atoms with van der Waals surface area (Å²) in [6, 6.07) is 22.0. The molecule has 0 N–H and O–H groups in total. The van der Waals surface area contributed by atoms with E-state index in [9.17, 15) is 4.79 Å². The van der Waals surface area contributed by atoms with Crippen LogP contribution in [0.2, 0.25) is 0 Å². The molecule has 0 spiro atoms. The lowest BCUT2D eigenvalue weighted by Crippen LogP contribution is -2.32. The quantitative estimate of drug-likeness (QED) is 0.590. The van der Waals surface area contributed by atoms with Crippen molar-refractivity contribution in [2.45, 2.75) is 25.9 Å². The van der Waals surface area contributed by atoms with Crippen LogP contribution in [0.4, 0.5) is 0 Å². The fourth-order valence-electron chi connectivity index (χ4n) is 3.25. The van der Waals surface area contributed by atoms with Crippen LogP contribution in [0, 0.1) is 0 Å². The number of aromatic nitrogens is 1. The van der Waals surface area contributed by atoms with E-state index in [4.69, 9.17) is 4.74 Å². The summed E-state index contributed by atoms with van der Waals surface area (Å²) in [4.78, 5) is 15.0. The Balaban J connectivity index is 1.79. The van der Waals surface area contributed by atoms with Gasteiger partial charge in [0.1, 0.15) is 5.75 Å². The molecule has 4 nitrogen and oxygen atoms in total. The first-order chi connectivity index (χ1) is 13.2. The van der Waals surface area contributed by atoms with Crippen LogP contribution in [-0.4, -0.2) is 29.0 Å². The third kappa shape index (κ3) is 4.79. The Bertz CT molecular complexity index is 827. The third-order valence-electron chi connectivity index (χ3n) is 4.81. The second-order valence-corrected chi connectivity index (χ2v) is 6.52. The molecule has 0 aliphatic carbocycles. The van der Waals surface area contributed by atoms with Gasteiger partial charge in [0.15, 0.2) is 0 Å². The summed E-state index contributed by atoms with van der Waals surface area (Å²) in [5.74, 6) is 0.964. The molecule has 0 aliphatic rings. The zero-order valence-corrected chi connectivity index (χ0v) is 15.9. The van der Waals surface area contributed by atoms with Crippen molar-refractivity contribution in [1.82, 2.24) is 9.47 Å². The Hall–Kier alpha value is -3.01. The van der Waals surface area contributed by atoms with E-state index in [2.05, 4.69) is 16.7 Å². The maximum absolute atomic E-state index is 13.1. The van der Waals surface area contributed by atoms with Crippen molar-refractivity contribution in [2.75, 3.05) is 13.7 Å². The average molecular weight is 362 g/mol. The highest BCUT2D eigenvalue weighted by atomic mass is 16.5. The topological polar surface area (TPSA) is 34.5 Å². The zero-order valence-electron chi connectivity index (χ0n) is 15.9. The monoisotopic (exact) mass is 362 g/mol. The van der Waals surface area contributed by atoms with Gasteiger partial charge in [0.05, 0.1) is 19.6 Å². The van der Waals surface area contributed by atoms with Crippen LogP contribution < -0.4 is 4.74 Å². The fraction of sp³-hybridized carbons (Fsp3) is 0.261. The summed E-state index contributed by atoms with van der Waals surface area (Å²) in [6.45, 7) is 3.35. The minimum Gasteiger partial charge on any atom is -0.497 e. The highest BCUT2D eigenvalue weighted by molar-refractivity contribution is 5.77. The number of nitrogens with zero attached hydrogens (tertiary/aromatic N) is 2. The summed E-state index contributed by atoms with van der Waals surface area (Å²) in [7, 11) is 1.66. The number of hydrogen-bond donors (Lipinski definition) is 0. The molecule has 4 heteroatoms. The first-order valence-electron chi connectivity index (χ1n) is 9.29. The van der Waals surface area contributed by atoms with Gasteiger partial charge >= 0.3 is 0 Å². The molecule has 0 saturated heterocycles. The first-order valence-corrected chi connectivity index (χ1v) is 9.29. The largest absolute Gasteiger partial charge is 0.497 e. The molecule has 3 rings (SSSR count). The molecule has 0 saturated carbocycles. The van der Waals surface area contributed by atoms with Crippen molar-refractivity contribution < 1.29 is 9.53 Å². The average Bonchev–Trinajstić information content (AvgIpc) is 3.25. The number of hydrogen-bond acceptors (Lipinski definition) is 2. The summed E-state index contributed by atoms with van der Waals surface area (Å²) in [6.07, 6.45) is 4.44. The first kappa shape index (κ1) is 18.8. The highest BCUT2D eigenvalue weighted by Crippen LogP contribution is 2.25. The molecule has 0 unspecified atom stereocenters. The molecule has 0 radical (unpaired) electrons. The smallest absolute Gasteiger partial charge is 0.225 e. The Kier molecular flexibility index (Phi) is 6.31. The number of benzene rings is 2. The molecule has 27 heavy (non-hydrogen) atoms. The van der Waals surface area contributed by atoms with Crippen LogP contribution in [0.25, 0.3) is 0 Å². The highest BCUT2D eigenvalue weighted by Gasteiger charge is 2.21. The SMILES string of the molecule is CCN(Cc1ccccc1)C(=O)C[C@H](c1ccc(OC)cc1)n1cccc1. The molecule has 1 atom stereocenters. The van der Waals surface area contributed by atoms with Gasteiger partial charge in [-0.3, -0.25) is 4.79 Å². The Morgan fingerprint density at radius 2 is 1.67 bits per heavy atom. The number of amides is 1. The molecule has 3 aromatic rings. The van der Waals surface area contributed by atoms with Gasteiger partial charge in [0.2, 0.25) is 5.91 Å². The van der Waals surface area contributed by atoms with E-state index >= 15 is 0 Å². The van der Waals surface area contributed by atoms with Crippen LogP contribution >= 0.6 is 0 Å². The van der Waals surface area contributed by atoms with E-state index in [0.717, 1.165) is 16.9 Å². The molecule has 0 aliphatic heterocycles. The zero-order chi connectivity index (χ0) is 19.1. The van der Waals surface area contributed by atoms with Crippen LogP contribution in [0.15, 0.2) is 79.1 Å². The van der Waals surface area contributed by atoms with E-state index in [-0.39, 0.29) is 11.9 Å². The summed E-state index contributed by atoms with van der Waals surface area (Å²) in [5, 5.41) is 0. The summed E-state index contributed by atoms with van der Waals surface area (Å²) in [5.41, 5.74) is 2.24. The summed E-state index contributed by atoms with van der Waals surface area (Å²) < 4.78 is 7.35. The van der Waals surface area contributed by atoms with Gasteiger partial charge in [0.25, 0.3) is 0 Å². The van der Waals surface area contributed by atoms with Crippen LogP contribution in [-0.2, 0) is 11.3 Å². The van der Waals surface area contributed by atoms with E-state index in [1.165, 1.54) is 0 Å². The van der Waals surface area contributed by atoms with E-state index in [0.29, 0.717) is 19.5 Å². The maximum atomic E-state index is 13.1. The lowest BCUT2D eigenvalue weighted by atomic mass is 10.0. The van der Waals surface area contributed by atoms with Crippen molar-refractivity contribution in [3.63, 3.8) is 0 Å². The fourth-order valence-corrected chi connectivity index (χ4v) is 3.25. The molecular weight excluding hydrogens is 336 g/mol. The second kappa shape index (κ2) is 9.08. The molecule has 140 valence electrons. The molecule has 0 bridgehead atoms. The number of methoxy groups -OCH3 is 1.